The molecule has 110 valence electrons. The molecular weight excluding hydrogens is 280 g/mol. The number of aromatic carboxylic acids is 1. The first kappa shape index (κ1) is 14.8. The van der Waals surface area contributed by atoms with Gasteiger partial charge in [-0.05, 0) is 29.8 Å². The topological polar surface area (TPSA) is 58.6 Å². The lowest BCUT2D eigenvalue weighted by Crippen LogP contribution is -2.06. The van der Waals surface area contributed by atoms with E-state index in [4.69, 9.17) is 9.84 Å². The monoisotopic (exact) mass is 293 g/mol. The number of benzene rings is 2. The first-order chi connectivity index (χ1) is 10.0. The summed E-state index contributed by atoms with van der Waals surface area (Å²) in [7, 11) is 1.54. The lowest BCUT2D eigenvalue weighted by atomic mass is 10.1. The number of carboxylic acids is 1. The molecule has 0 saturated carbocycles. The van der Waals surface area contributed by atoms with Gasteiger partial charge in [-0.25, -0.2) is 13.6 Å². The van der Waals surface area contributed by atoms with Crippen LogP contribution in [0.5, 0.6) is 5.75 Å². The van der Waals surface area contributed by atoms with Crippen molar-refractivity contribution in [3.63, 3.8) is 0 Å². The van der Waals surface area contributed by atoms with Gasteiger partial charge < -0.3 is 15.2 Å². The summed E-state index contributed by atoms with van der Waals surface area (Å²) in [5.41, 5.74) is 0.0210. The number of rotatable bonds is 5. The Hall–Kier alpha value is -2.63. The second kappa shape index (κ2) is 6.21. The molecule has 0 spiro atoms. The van der Waals surface area contributed by atoms with E-state index in [2.05, 4.69) is 5.32 Å². The van der Waals surface area contributed by atoms with Crippen LogP contribution in [0.3, 0.4) is 0 Å². The smallest absolute Gasteiger partial charge is 0.335 e. The molecule has 0 heterocycles. The Morgan fingerprint density at radius 1 is 1.19 bits per heavy atom. The van der Waals surface area contributed by atoms with Gasteiger partial charge in [0.1, 0.15) is 23.1 Å². The molecule has 0 aromatic heterocycles. The Kier molecular flexibility index (Phi) is 4.37. The van der Waals surface area contributed by atoms with Gasteiger partial charge >= 0.3 is 5.97 Å². The number of carboxylic acid groups (broad SMARTS) is 1. The van der Waals surface area contributed by atoms with Gasteiger partial charge in [0.15, 0.2) is 0 Å². The lowest BCUT2D eigenvalue weighted by molar-refractivity contribution is 0.0696. The molecule has 2 rings (SSSR count). The zero-order valence-electron chi connectivity index (χ0n) is 11.2. The van der Waals surface area contributed by atoms with E-state index < -0.39 is 23.2 Å². The van der Waals surface area contributed by atoms with Crippen molar-refractivity contribution in [3.05, 3.63) is 59.2 Å². The van der Waals surface area contributed by atoms with E-state index in [9.17, 15) is 13.6 Å². The van der Waals surface area contributed by atoms with E-state index >= 15 is 0 Å². The molecular formula is C15H13F2NO3. The van der Waals surface area contributed by atoms with Crippen molar-refractivity contribution in [3.8, 4) is 5.75 Å². The van der Waals surface area contributed by atoms with Crippen LogP contribution >= 0.6 is 0 Å². The van der Waals surface area contributed by atoms with Gasteiger partial charge in [-0.2, -0.15) is 0 Å². The van der Waals surface area contributed by atoms with Crippen molar-refractivity contribution in [2.75, 3.05) is 12.4 Å². The molecule has 4 nitrogen and oxygen atoms in total. The minimum Gasteiger partial charge on any atom is -0.497 e. The number of carbonyl (C=O) groups is 1. The summed E-state index contributed by atoms with van der Waals surface area (Å²) in [6, 6.07) is 8.54. The number of hydrogen-bond acceptors (Lipinski definition) is 3. The second-order valence-corrected chi connectivity index (χ2v) is 4.32. The molecule has 0 fully saturated rings. The minimum atomic E-state index is -1.38. The Labute approximate surface area is 120 Å². The van der Waals surface area contributed by atoms with Gasteiger partial charge in [-0.1, -0.05) is 12.1 Å². The molecule has 2 aromatic carbocycles. The van der Waals surface area contributed by atoms with E-state index in [-0.39, 0.29) is 12.2 Å². The number of hydrogen-bond donors (Lipinski definition) is 2. The Morgan fingerprint density at radius 2 is 1.76 bits per heavy atom. The van der Waals surface area contributed by atoms with Crippen LogP contribution < -0.4 is 10.1 Å². The number of anilines is 1. The lowest BCUT2D eigenvalue weighted by Gasteiger charge is -2.10. The van der Waals surface area contributed by atoms with E-state index in [1.54, 1.807) is 31.4 Å². The maximum atomic E-state index is 13.7. The highest BCUT2D eigenvalue weighted by Gasteiger charge is 2.14. The Morgan fingerprint density at radius 3 is 2.24 bits per heavy atom. The second-order valence-electron chi connectivity index (χ2n) is 4.32. The number of ether oxygens (including phenoxy) is 1. The largest absolute Gasteiger partial charge is 0.497 e. The van der Waals surface area contributed by atoms with Crippen molar-refractivity contribution in [1.82, 2.24) is 0 Å². The van der Waals surface area contributed by atoms with Crippen LogP contribution in [-0.2, 0) is 6.54 Å². The van der Waals surface area contributed by atoms with Crippen LogP contribution in [0.2, 0.25) is 0 Å². The summed E-state index contributed by atoms with van der Waals surface area (Å²) in [5, 5.41) is 11.3. The molecule has 2 N–H and O–H groups in total. The maximum absolute atomic E-state index is 13.7. The molecule has 0 unspecified atom stereocenters. The van der Waals surface area contributed by atoms with Crippen molar-refractivity contribution >= 4 is 11.7 Å². The maximum Gasteiger partial charge on any atom is 0.335 e. The van der Waals surface area contributed by atoms with Gasteiger partial charge in [-0.3, -0.25) is 0 Å². The van der Waals surface area contributed by atoms with E-state index in [0.717, 1.165) is 17.7 Å². The molecule has 0 aliphatic heterocycles. The minimum absolute atomic E-state index is 0.199. The van der Waals surface area contributed by atoms with Gasteiger partial charge in [0.05, 0.1) is 12.7 Å². The van der Waals surface area contributed by atoms with E-state index in [0.29, 0.717) is 5.75 Å². The third-order valence-electron chi connectivity index (χ3n) is 2.92. The molecule has 0 atom stereocenters. The summed E-state index contributed by atoms with van der Waals surface area (Å²) in [4.78, 5) is 10.7. The normalized spacial score (nSPS) is 10.2. The van der Waals surface area contributed by atoms with Crippen LogP contribution in [0.25, 0.3) is 0 Å². The van der Waals surface area contributed by atoms with Gasteiger partial charge in [0, 0.05) is 6.54 Å². The predicted octanol–water partition coefficient (Wildman–Crippen LogP) is 3.28. The van der Waals surface area contributed by atoms with Crippen molar-refractivity contribution in [2.24, 2.45) is 0 Å². The molecule has 0 radical (unpaired) electrons. The fourth-order valence-corrected chi connectivity index (χ4v) is 1.80. The fourth-order valence-electron chi connectivity index (χ4n) is 1.80. The van der Waals surface area contributed by atoms with Crippen molar-refractivity contribution in [2.45, 2.75) is 6.54 Å². The van der Waals surface area contributed by atoms with Crippen molar-refractivity contribution in [1.29, 1.82) is 0 Å². The fraction of sp³-hybridized carbons (Fsp3) is 0.133. The Balaban J connectivity index is 2.14. The number of methoxy groups -OCH3 is 1. The molecule has 0 aliphatic carbocycles. The zero-order valence-corrected chi connectivity index (χ0v) is 11.2. The summed E-state index contributed by atoms with van der Waals surface area (Å²) in [5.74, 6) is -2.58. The summed E-state index contributed by atoms with van der Waals surface area (Å²) >= 11 is 0. The molecule has 0 amide bonds. The van der Waals surface area contributed by atoms with E-state index in [1.807, 2.05) is 0 Å². The summed E-state index contributed by atoms with van der Waals surface area (Å²) < 4.78 is 32.4. The molecule has 21 heavy (non-hydrogen) atoms. The summed E-state index contributed by atoms with van der Waals surface area (Å²) in [6.07, 6.45) is 0. The Bertz CT molecular complexity index is 633. The highest BCUT2D eigenvalue weighted by molar-refractivity contribution is 5.88. The number of halogens is 2. The average Bonchev–Trinajstić information content (AvgIpc) is 2.46. The first-order valence-electron chi connectivity index (χ1n) is 6.10. The molecule has 6 heteroatoms. The van der Waals surface area contributed by atoms with Gasteiger partial charge in [0.25, 0.3) is 0 Å². The van der Waals surface area contributed by atoms with Crippen LogP contribution in [0.1, 0.15) is 15.9 Å². The molecule has 0 aliphatic rings. The zero-order chi connectivity index (χ0) is 15.4. The summed E-state index contributed by atoms with van der Waals surface area (Å²) in [6.45, 7) is 0.199. The highest BCUT2D eigenvalue weighted by Crippen LogP contribution is 2.22. The van der Waals surface area contributed by atoms with Gasteiger partial charge in [-0.15, -0.1) is 0 Å². The van der Waals surface area contributed by atoms with Crippen molar-refractivity contribution < 1.29 is 23.4 Å². The highest BCUT2D eigenvalue weighted by atomic mass is 19.1. The molecule has 2 aromatic rings. The van der Waals surface area contributed by atoms with Crippen LogP contribution in [0.4, 0.5) is 14.5 Å². The predicted molar refractivity (Wildman–Crippen MR) is 73.6 cm³/mol. The van der Waals surface area contributed by atoms with Crippen LogP contribution in [0.15, 0.2) is 36.4 Å². The van der Waals surface area contributed by atoms with Crippen LogP contribution in [0, 0.1) is 11.6 Å². The third kappa shape index (κ3) is 3.47. The molecule has 0 bridgehead atoms. The third-order valence-corrected chi connectivity index (χ3v) is 2.92. The number of nitrogens with one attached hydrogen (secondary N) is 1. The molecule has 0 saturated heterocycles. The first-order valence-corrected chi connectivity index (χ1v) is 6.10. The standard InChI is InChI=1S/C15H13F2NO3/c1-21-11-4-2-9(3-5-11)8-18-14-12(16)6-10(15(19)20)7-13(14)17/h2-7,18H,8H2,1H3,(H,19,20). The quantitative estimate of drug-likeness (QED) is 0.888. The van der Waals surface area contributed by atoms with Crippen LogP contribution in [-0.4, -0.2) is 18.2 Å². The average molecular weight is 293 g/mol. The van der Waals surface area contributed by atoms with Gasteiger partial charge in [0.2, 0.25) is 0 Å². The SMILES string of the molecule is COc1ccc(CNc2c(F)cc(C(=O)O)cc2F)cc1. The van der Waals surface area contributed by atoms with E-state index in [1.165, 1.54) is 0 Å².